The fraction of sp³-hybridized carbons (Fsp3) is 0.615. The van der Waals surface area contributed by atoms with Crippen LogP contribution in [0.15, 0.2) is 6.07 Å². The summed E-state index contributed by atoms with van der Waals surface area (Å²) in [6.07, 6.45) is 2.16. The van der Waals surface area contributed by atoms with Crippen molar-refractivity contribution < 1.29 is 14.6 Å². The molecule has 1 aliphatic carbocycles. The molecular weight excluding hydrogens is 246 g/mol. The normalized spacial score (nSPS) is 22.2. The van der Waals surface area contributed by atoms with Gasteiger partial charge in [-0.15, -0.1) is 0 Å². The van der Waals surface area contributed by atoms with E-state index in [4.69, 9.17) is 9.84 Å². The maximum atomic E-state index is 10.9. The first-order valence-corrected chi connectivity index (χ1v) is 6.56. The third-order valence-electron chi connectivity index (χ3n) is 3.24. The summed E-state index contributed by atoms with van der Waals surface area (Å²) in [7, 11) is 0. The Bertz CT molecular complexity index is 464. The lowest BCUT2D eigenvalue weighted by Gasteiger charge is -2.13. The Kier molecular flexibility index (Phi) is 4.19. The fourth-order valence-electron chi connectivity index (χ4n) is 2.35. The molecule has 104 valence electrons. The first-order chi connectivity index (χ1) is 9.08. The number of aliphatic carboxylic acids is 1. The number of anilines is 1. The summed E-state index contributed by atoms with van der Waals surface area (Å²) in [6.45, 7) is 4.34. The van der Waals surface area contributed by atoms with Gasteiger partial charge in [-0.2, -0.15) is 4.98 Å². The number of aryl methyl sites for hydroxylation is 1. The molecule has 2 N–H and O–H groups in total. The van der Waals surface area contributed by atoms with E-state index >= 15 is 0 Å². The average molecular weight is 265 g/mol. The summed E-state index contributed by atoms with van der Waals surface area (Å²) in [5.41, 5.74) is 0.828. The van der Waals surface area contributed by atoms with Crippen molar-refractivity contribution >= 4 is 11.9 Å². The van der Waals surface area contributed by atoms with Crippen molar-refractivity contribution in [1.82, 2.24) is 9.97 Å². The molecule has 1 aromatic heterocycles. The molecule has 19 heavy (non-hydrogen) atoms. The van der Waals surface area contributed by atoms with Crippen LogP contribution < -0.4 is 10.1 Å². The number of aromatic nitrogens is 2. The molecule has 1 fully saturated rings. The van der Waals surface area contributed by atoms with Crippen molar-refractivity contribution in [2.75, 3.05) is 11.9 Å². The molecular formula is C13H19N3O3. The van der Waals surface area contributed by atoms with Gasteiger partial charge in [-0.05, 0) is 33.1 Å². The number of hydrogen-bond donors (Lipinski definition) is 2. The molecule has 0 aromatic carbocycles. The third kappa shape index (κ3) is 3.56. The standard InChI is InChI=1S/C13H19N3O3/c1-3-19-11-6-8(2)14-13(16-11)15-10-5-4-9(7-10)12(17)18/h6,9-10H,3-5,7H2,1-2H3,(H,17,18)(H,14,15,16). The summed E-state index contributed by atoms with van der Waals surface area (Å²) in [6, 6.07) is 1.90. The minimum Gasteiger partial charge on any atom is -0.481 e. The van der Waals surface area contributed by atoms with E-state index in [1.807, 2.05) is 13.8 Å². The van der Waals surface area contributed by atoms with Crippen molar-refractivity contribution in [3.63, 3.8) is 0 Å². The van der Waals surface area contributed by atoms with Crippen molar-refractivity contribution in [2.24, 2.45) is 5.92 Å². The number of carboxylic acid groups (broad SMARTS) is 1. The summed E-state index contributed by atoms with van der Waals surface area (Å²) in [4.78, 5) is 19.5. The smallest absolute Gasteiger partial charge is 0.306 e. The third-order valence-corrected chi connectivity index (χ3v) is 3.24. The van der Waals surface area contributed by atoms with E-state index in [9.17, 15) is 4.79 Å². The topological polar surface area (TPSA) is 84.3 Å². The molecule has 1 aliphatic rings. The van der Waals surface area contributed by atoms with E-state index in [0.717, 1.165) is 12.1 Å². The number of nitrogens with one attached hydrogen (secondary N) is 1. The number of hydrogen-bond acceptors (Lipinski definition) is 5. The zero-order valence-corrected chi connectivity index (χ0v) is 11.2. The summed E-state index contributed by atoms with van der Waals surface area (Å²) < 4.78 is 5.37. The van der Waals surface area contributed by atoms with Crippen LogP contribution in [0.2, 0.25) is 0 Å². The van der Waals surface area contributed by atoms with Gasteiger partial charge in [0.25, 0.3) is 0 Å². The molecule has 0 aliphatic heterocycles. The van der Waals surface area contributed by atoms with Crippen molar-refractivity contribution in [3.05, 3.63) is 11.8 Å². The molecule has 6 nitrogen and oxygen atoms in total. The number of ether oxygens (including phenoxy) is 1. The van der Waals surface area contributed by atoms with Crippen molar-refractivity contribution in [3.8, 4) is 5.88 Å². The predicted molar refractivity (Wildman–Crippen MR) is 70.3 cm³/mol. The van der Waals surface area contributed by atoms with E-state index in [0.29, 0.717) is 31.3 Å². The molecule has 1 aromatic rings. The van der Waals surface area contributed by atoms with Gasteiger partial charge in [0.1, 0.15) is 0 Å². The molecule has 1 heterocycles. The number of carboxylic acids is 1. The SMILES string of the molecule is CCOc1cc(C)nc(NC2CCC(C(=O)O)C2)n1. The second-order valence-corrected chi connectivity index (χ2v) is 4.79. The zero-order chi connectivity index (χ0) is 13.8. The summed E-state index contributed by atoms with van der Waals surface area (Å²) in [5.74, 6) is 0.0860. The highest BCUT2D eigenvalue weighted by Gasteiger charge is 2.30. The van der Waals surface area contributed by atoms with Crippen molar-refractivity contribution in [1.29, 1.82) is 0 Å². The monoisotopic (exact) mass is 265 g/mol. The molecule has 0 saturated heterocycles. The van der Waals surface area contributed by atoms with E-state index in [-0.39, 0.29) is 12.0 Å². The van der Waals surface area contributed by atoms with Gasteiger partial charge in [-0.1, -0.05) is 0 Å². The van der Waals surface area contributed by atoms with Gasteiger partial charge in [-0.3, -0.25) is 4.79 Å². The molecule has 0 bridgehead atoms. The summed E-state index contributed by atoms with van der Waals surface area (Å²) in [5, 5.41) is 12.2. The first kappa shape index (κ1) is 13.6. The highest BCUT2D eigenvalue weighted by molar-refractivity contribution is 5.70. The van der Waals surface area contributed by atoms with Gasteiger partial charge in [-0.25, -0.2) is 4.98 Å². The van der Waals surface area contributed by atoms with E-state index in [2.05, 4.69) is 15.3 Å². The van der Waals surface area contributed by atoms with E-state index in [1.54, 1.807) is 6.07 Å². The Morgan fingerprint density at radius 2 is 2.32 bits per heavy atom. The van der Waals surface area contributed by atoms with Gasteiger partial charge >= 0.3 is 5.97 Å². The Balaban J connectivity index is 2.01. The van der Waals surface area contributed by atoms with Crippen LogP contribution in [0, 0.1) is 12.8 Å². The molecule has 1 saturated carbocycles. The van der Waals surface area contributed by atoms with Crippen LogP contribution in [0.25, 0.3) is 0 Å². The number of carbonyl (C=O) groups is 1. The van der Waals surface area contributed by atoms with Crippen LogP contribution in [0.1, 0.15) is 31.9 Å². The molecule has 2 rings (SSSR count). The highest BCUT2D eigenvalue weighted by Crippen LogP contribution is 2.27. The van der Waals surface area contributed by atoms with Gasteiger partial charge in [0.05, 0.1) is 12.5 Å². The van der Waals surface area contributed by atoms with Gasteiger partial charge in [0.15, 0.2) is 0 Å². The fourth-order valence-corrected chi connectivity index (χ4v) is 2.35. The van der Waals surface area contributed by atoms with Gasteiger partial charge in [0, 0.05) is 17.8 Å². The summed E-state index contributed by atoms with van der Waals surface area (Å²) >= 11 is 0. The molecule has 0 radical (unpaired) electrons. The second-order valence-electron chi connectivity index (χ2n) is 4.79. The minimum atomic E-state index is -0.718. The van der Waals surface area contributed by atoms with Crippen LogP contribution in [-0.4, -0.2) is 33.7 Å². The lowest BCUT2D eigenvalue weighted by atomic mass is 10.1. The Labute approximate surface area is 112 Å². The van der Waals surface area contributed by atoms with Crippen LogP contribution >= 0.6 is 0 Å². The predicted octanol–water partition coefficient (Wildman–Crippen LogP) is 1.85. The minimum absolute atomic E-state index is 0.123. The largest absolute Gasteiger partial charge is 0.481 e. The average Bonchev–Trinajstić information content (AvgIpc) is 2.77. The molecule has 0 amide bonds. The number of nitrogens with zero attached hydrogens (tertiary/aromatic N) is 2. The van der Waals surface area contributed by atoms with Crippen LogP contribution in [0.4, 0.5) is 5.95 Å². The lowest BCUT2D eigenvalue weighted by Crippen LogP contribution is -2.19. The van der Waals surface area contributed by atoms with E-state index < -0.39 is 5.97 Å². The lowest BCUT2D eigenvalue weighted by molar-refractivity contribution is -0.141. The van der Waals surface area contributed by atoms with Crippen molar-refractivity contribution in [2.45, 2.75) is 39.2 Å². The quantitative estimate of drug-likeness (QED) is 0.845. The van der Waals surface area contributed by atoms with Crippen LogP contribution in [0.3, 0.4) is 0 Å². The molecule has 6 heteroatoms. The van der Waals surface area contributed by atoms with Crippen LogP contribution in [-0.2, 0) is 4.79 Å². The van der Waals surface area contributed by atoms with Gasteiger partial charge in [0.2, 0.25) is 11.8 Å². The number of rotatable bonds is 5. The molecule has 2 atom stereocenters. The van der Waals surface area contributed by atoms with E-state index in [1.165, 1.54) is 0 Å². The maximum absolute atomic E-state index is 10.9. The Hall–Kier alpha value is -1.85. The van der Waals surface area contributed by atoms with Gasteiger partial charge < -0.3 is 15.2 Å². The molecule has 0 spiro atoms. The highest BCUT2D eigenvalue weighted by atomic mass is 16.5. The molecule has 2 unspecified atom stereocenters. The van der Waals surface area contributed by atoms with Crippen LogP contribution in [0.5, 0.6) is 5.88 Å². The Morgan fingerprint density at radius 3 is 2.95 bits per heavy atom. The maximum Gasteiger partial charge on any atom is 0.306 e. The first-order valence-electron chi connectivity index (χ1n) is 6.56. The zero-order valence-electron chi connectivity index (χ0n) is 11.2. The Morgan fingerprint density at radius 1 is 1.53 bits per heavy atom. The second kappa shape index (κ2) is 5.86.